The predicted molar refractivity (Wildman–Crippen MR) is 93.2 cm³/mol. The summed E-state index contributed by atoms with van der Waals surface area (Å²) in [5.74, 6) is 1.63. The molecule has 2 aliphatic rings. The molecule has 7 nitrogen and oxygen atoms in total. The van der Waals surface area contributed by atoms with Crippen molar-refractivity contribution < 1.29 is 18.8 Å². The first kappa shape index (κ1) is 18.4. The molecule has 1 aromatic heterocycles. The standard InChI is InChI=1S/C18H29N3O4/c1-3-4-5-15(17(22)19-16-12-13(2)25-20-16)21-8-6-14(7-9-21)18-23-10-11-24-18/h12,14-15,18H,3-11H2,1-2H3,(H,19,20,22). The van der Waals surface area contributed by atoms with Crippen LogP contribution in [0.1, 0.15) is 44.8 Å². The molecule has 0 radical (unpaired) electrons. The lowest BCUT2D eigenvalue weighted by molar-refractivity contribution is -0.124. The highest BCUT2D eigenvalue weighted by molar-refractivity contribution is 5.94. The van der Waals surface area contributed by atoms with E-state index < -0.39 is 0 Å². The van der Waals surface area contributed by atoms with Gasteiger partial charge in [0.15, 0.2) is 12.1 Å². The summed E-state index contributed by atoms with van der Waals surface area (Å²) in [5.41, 5.74) is 0. The maximum absolute atomic E-state index is 12.8. The lowest BCUT2D eigenvalue weighted by Crippen LogP contribution is -2.49. The minimum atomic E-state index is -0.122. The zero-order valence-electron chi connectivity index (χ0n) is 15.2. The second kappa shape index (κ2) is 8.78. The molecule has 3 heterocycles. The summed E-state index contributed by atoms with van der Waals surface area (Å²) in [6.07, 6.45) is 4.92. The van der Waals surface area contributed by atoms with Gasteiger partial charge in [-0.25, -0.2) is 0 Å². The van der Waals surface area contributed by atoms with Crippen LogP contribution in [-0.2, 0) is 14.3 Å². The van der Waals surface area contributed by atoms with Crippen molar-refractivity contribution in [3.05, 3.63) is 11.8 Å². The molecular formula is C18H29N3O4. The lowest BCUT2D eigenvalue weighted by Gasteiger charge is -2.37. The summed E-state index contributed by atoms with van der Waals surface area (Å²) >= 11 is 0. The fraction of sp³-hybridized carbons (Fsp3) is 0.778. The average Bonchev–Trinajstić information content (AvgIpc) is 3.28. The van der Waals surface area contributed by atoms with E-state index in [0.717, 1.165) is 45.2 Å². The van der Waals surface area contributed by atoms with Crippen LogP contribution in [0.25, 0.3) is 0 Å². The van der Waals surface area contributed by atoms with Crippen LogP contribution >= 0.6 is 0 Å². The molecule has 1 unspecified atom stereocenters. The first-order valence-electron chi connectivity index (χ1n) is 9.39. The van der Waals surface area contributed by atoms with Crippen molar-refractivity contribution in [2.75, 3.05) is 31.6 Å². The van der Waals surface area contributed by atoms with Crippen LogP contribution in [-0.4, -0.2) is 54.6 Å². The van der Waals surface area contributed by atoms with Crippen molar-refractivity contribution in [2.24, 2.45) is 5.92 Å². The van der Waals surface area contributed by atoms with E-state index in [-0.39, 0.29) is 18.2 Å². The Morgan fingerprint density at radius 1 is 1.36 bits per heavy atom. The summed E-state index contributed by atoms with van der Waals surface area (Å²) < 4.78 is 16.3. The summed E-state index contributed by atoms with van der Waals surface area (Å²) in [6, 6.07) is 1.62. The van der Waals surface area contributed by atoms with Crippen LogP contribution in [0.3, 0.4) is 0 Å². The molecule has 2 aliphatic heterocycles. The molecular weight excluding hydrogens is 322 g/mol. The number of carbonyl (C=O) groups excluding carboxylic acids is 1. The minimum absolute atomic E-state index is 0.00793. The van der Waals surface area contributed by atoms with E-state index in [0.29, 0.717) is 30.7 Å². The molecule has 0 saturated carbocycles. The third-order valence-corrected chi connectivity index (χ3v) is 5.06. The van der Waals surface area contributed by atoms with Gasteiger partial charge >= 0.3 is 0 Å². The van der Waals surface area contributed by atoms with E-state index >= 15 is 0 Å². The van der Waals surface area contributed by atoms with Crippen molar-refractivity contribution in [3.8, 4) is 0 Å². The summed E-state index contributed by atoms with van der Waals surface area (Å²) in [4.78, 5) is 15.1. The van der Waals surface area contributed by atoms with E-state index in [1.165, 1.54) is 0 Å². The number of aromatic nitrogens is 1. The van der Waals surface area contributed by atoms with Crippen LogP contribution in [0.15, 0.2) is 10.6 Å². The van der Waals surface area contributed by atoms with Gasteiger partial charge in [0, 0.05) is 12.0 Å². The topological polar surface area (TPSA) is 76.8 Å². The SMILES string of the molecule is CCCCC(C(=O)Nc1cc(C)on1)N1CCC(C2OCCO2)CC1. The van der Waals surface area contributed by atoms with Gasteiger partial charge in [0.2, 0.25) is 5.91 Å². The number of likely N-dealkylation sites (tertiary alicyclic amines) is 1. The highest BCUT2D eigenvalue weighted by atomic mass is 16.7. The Balaban J connectivity index is 1.57. The van der Waals surface area contributed by atoms with E-state index in [9.17, 15) is 4.79 Å². The molecule has 1 N–H and O–H groups in total. The van der Waals surface area contributed by atoms with E-state index in [1.807, 2.05) is 6.92 Å². The van der Waals surface area contributed by atoms with Crippen molar-refractivity contribution >= 4 is 11.7 Å². The molecule has 0 spiro atoms. The highest BCUT2D eigenvalue weighted by Gasteiger charge is 2.34. The third kappa shape index (κ3) is 4.80. The Morgan fingerprint density at radius 2 is 2.08 bits per heavy atom. The predicted octanol–water partition coefficient (Wildman–Crippen LogP) is 2.57. The van der Waals surface area contributed by atoms with Gasteiger partial charge in [-0.05, 0) is 39.3 Å². The number of ether oxygens (including phenoxy) is 2. The second-order valence-electron chi connectivity index (χ2n) is 6.95. The number of unbranched alkanes of at least 4 members (excludes halogenated alkanes) is 1. The molecule has 0 aromatic carbocycles. The zero-order valence-corrected chi connectivity index (χ0v) is 15.2. The molecule has 1 atom stereocenters. The van der Waals surface area contributed by atoms with Crippen LogP contribution in [0.5, 0.6) is 0 Å². The number of nitrogens with zero attached hydrogens (tertiary/aromatic N) is 2. The van der Waals surface area contributed by atoms with Crippen LogP contribution in [0.2, 0.25) is 0 Å². The fourth-order valence-corrected chi connectivity index (χ4v) is 3.66. The fourth-order valence-electron chi connectivity index (χ4n) is 3.66. The maximum atomic E-state index is 12.8. The molecule has 7 heteroatoms. The molecule has 25 heavy (non-hydrogen) atoms. The summed E-state index contributed by atoms with van der Waals surface area (Å²) in [5, 5.41) is 6.77. The number of nitrogens with one attached hydrogen (secondary N) is 1. The van der Waals surface area contributed by atoms with Crippen molar-refractivity contribution in [2.45, 2.75) is 58.3 Å². The van der Waals surface area contributed by atoms with Gasteiger partial charge in [0.05, 0.1) is 19.3 Å². The normalized spacial score (nSPS) is 21.5. The van der Waals surface area contributed by atoms with E-state index in [1.54, 1.807) is 6.07 Å². The third-order valence-electron chi connectivity index (χ3n) is 5.06. The van der Waals surface area contributed by atoms with Crippen LogP contribution < -0.4 is 5.32 Å². The molecule has 140 valence electrons. The lowest BCUT2D eigenvalue weighted by atomic mass is 9.94. The van der Waals surface area contributed by atoms with Gasteiger partial charge < -0.3 is 19.3 Å². The van der Waals surface area contributed by atoms with E-state index in [2.05, 4.69) is 22.3 Å². The van der Waals surface area contributed by atoms with Crippen molar-refractivity contribution in [1.29, 1.82) is 0 Å². The molecule has 2 saturated heterocycles. The van der Waals surface area contributed by atoms with Gasteiger partial charge in [-0.3, -0.25) is 9.69 Å². The Hall–Kier alpha value is -1.44. The number of hydrogen-bond donors (Lipinski definition) is 1. The molecule has 0 bridgehead atoms. The molecule has 0 aliphatic carbocycles. The summed E-state index contributed by atoms with van der Waals surface area (Å²) in [7, 11) is 0. The van der Waals surface area contributed by atoms with Crippen molar-refractivity contribution in [3.63, 3.8) is 0 Å². The molecule has 1 aromatic rings. The number of aryl methyl sites for hydroxylation is 1. The number of piperidine rings is 1. The minimum Gasteiger partial charge on any atom is -0.360 e. The average molecular weight is 351 g/mol. The Kier molecular flexibility index (Phi) is 6.45. The first-order chi connectivity index (χ1) is 12.2. The maximum Gasteiger partial charge on any atom is 0.242 e. The van der Waals surface area contributed by atoms with Gasteiger partial charge in [-0.1, -0.05) is 24.9 Å². The zero-order chi connectivity index (χ0) is 17.6. The number of hydrogen-bond acceptors (Lipinski definition) is 6. The second-order valence-corrected chi connectivity index (χ2v) is 6.95. The van der Waals surface area contributed by atoms with Gasteiger partial charge in [-0.15, -0.1) is 0 Å². The van der Waals surface area contributed by atoms with Gasteiger partial charge in [0.1, 0.15) is 5.76 Å². The summed E-state index contributed by atoms with van der Waals surface area (Å²) in [6.45, 7) is 7.15. The number of carbonyl (C=O) groups is 1. The van der Waals surface area contributed by atoms with Crippen molar-refractivity contribution in [1.82, 2.24) is 10.1 Å². The first-order valence-corrected chi connectivity index (χ1v) is 9.39. The van der Waals surface area contributed by atoms with Gasteiger partial charge in [0.25, 0.3) is 0 Å². The van der Waals surface area contributed by atoms with E-state index in [4.69, 9.17) is 14.0 Å². The smallest absolute Gasteiger partial charge is 0.242 e. The van der Waals surface area contributed by atoms with Crippen LogP contribution in [0.4, 0.5) is 5.82 Å². The Morgan fingerprint density at radius 3 is 2.68 bits per heavy atom. The Labute approximate surface area is 149 Å². The number of rotatable bonds is 7. The number of anilines is 1. The molecule has 2 fully saturated rings. The monoisotopic (exact) mass is 351 g/mol. The Bertz CT molecular complexity index is 548. The molecule has 3 rings (SSSR count). The highest BCUT2D eigenvalue weighted by Crippen LogP contribution is 2.28. The van der Waals surface area contributed by atoms with Crippen LogP contribution in [0, 0.1) is 12.8 Å². The van der Waals surface area contributed by atoms with Gasteiger partial charge in [-0.2, -0.15) is 0 Å². The largest absolute Gasteiger partial charge is 0.360 e. The molecule has 1 amide bonds. The quantitative estimate of drug-likeness (QED) is 0.813. The number of amides is 1.